The smallest absolute Gasteiger partial charge is 0.434 e. The number of rotatable bonds is 6. The molecule has 0 amide bonds. The Morgan fingerprint density at radius 2 is 1.82 bits per heavy atom. The first-order valence-corrected chi connectivity index (χ1v) is 8.86. The molecule has 2 aromatic carbocycles. The minimum Gasteiger partial charge on any atom is -0.489 e. The van der Waals surface area contributed by atoms with E-state index in [-0.39, 0.29) is 25.1 Å². The molecule has 0 radical (unpaired) electrons. The Bertz CT molecular complexity index is 935. The molecule has 1 N–H and O–H groups in total. The molecular formula is C21H21F3N2O2. The number of aliphatic hydroxyl groups excluding tert-OH is 1. The van der Waals surface area contributed by atoms with Crippen molar-refractivity contribution in [1.82, 2.24) is 9.55 Å². The lowest BCUT2D eigenvalue weighted by molar-refractivity contribution is -0.140. The molecule has 1 aromatic heterocycles. The van der Waals surface area contributed by atoms with Gasteiger partial charge in [0.05, 0.1) is 6.61 Å². The summed E-state index contributed by atoms with van der Waals surface area (Å²) >= 11 is 0. The van der Waals surface area contributed by atoms with E-state index in [1.807, 2.05) is 30.3 Å². The molecule has 1 heterocycles. The summed E-state index contributed by atoms with van der Waals surface area (Å²) in [6.45, 7) is 3.63. The lowest BCUT2D eigenvalue weighted by Gasteiger charge is -2.14. The molecule has 0 atom stereocenters. The van der Waals surface area contributed by atoms with Gasteiger partial charge in [0.15, 0.2) is 5.69 Å². The fraction of sp³-hybridized carbons (Fsp3) is 0.286. The lowest BCUT2D eigenvalue weighted by atomic mass is 10.1. The third-order valence-corrected chi connectivity index (χ3v) is 4.31. The van der Waals surface area contributed by atoms with Crippen molar-refractivity contribution in [2.24, 2.45) is 0 Å². The van der Waals surface area contributed by atoms with Gasteiger partial charge in [-0.15, -0.1) is 0 Å². The van der Waals surface area contributed by atoms with Crippen molar-refractivity contribution in [3.63, 3.8) is 0 Å². The van der Waals surface area contributed by atoms with E-state index in [9.17, 15) is 18.3 Å². The average Bonchev–Trinajstić information content (AvgIpc) is 3.13. The van der Waals surface area contributed by atoms with E-state index < -0.39 is 11.9 Å². The van der Waals surface area contributed by atoms with Crippen LogP contribution in [0.4, 0.5) is 13.2 Å². The van der Waals surface area contributed by atoms with Gasteiger partial charge in [0.25, 0.3) is 0 Å². The van der Waals surface area contributed by atoms with E-state index >= 15 is 0 Å². The van der Waals surface area contributed by atoms with E-state index in [4.69, 9.17) is 4.74 Å². The third kappa shape index (κ3) is 4.36. The van der Waals surface area contributed by atoms with E-state index in [1.165, 1.54) is 4.57 Å². The van der Waals surface area contributed by atoms with Crippen LogP contribution in [0.3, 0.4) is 0 Å². The van der Waals surface area contributed by atoms with Crippen LogP contribution >= 0.6 is 0 Å². The molecule has 28 heavy (non-hydrogen) atoms. The summed E-state index contributed by atoms with van der Waals surface area (Å²) in [5.74, 6) is 0.618. The standard InChI is InChI=1S/C21H21F3N2O2/c1-14(2)26-11-19(21(22,23)24)25-20(26)16-8-9-17(12-27)18(10-16)28-13-15-6-4-3-5-7-15/h3-11,14,27H,12-13H2,1-2H3. The van der Waals surface area contributed by atoms with Gasteiger partial charge in [-0.1, -0.05) is 42.5 Å². The number of imidazole rings is 1. The van der Waals surface area contributed by atoms with E-state index in [0.29, 0.717) is 16.9 Å². The number of aromatic nitrogens is 2. The zero-order chi connectivity index (χ0) is 20.3. The van der Waals surface area contributed by atoms with Crippen LogP contribution in [0.25, 0.3) is 11.4 Å². The van der Waals surface area contributed by atoms with Crippen molar-refractivity contribution in [2.45, 2.75) is 39.3 Å². The van der Waals surface area contributed by atoms with Crippen LogP contribution in [-0.2, 0) is 19.4 Å². The van der Waals surface area contributed by atoms with Crippen LogP contribution in [-0.4, -0.2) is 14.7 Å². The summed E-state index contributed by atoms with van der Waals surface area (Å²) in [7, 11) is 0. The van der Waals surface area contributed by atoms with Crippen molar-refractivity contribution >= 4 is 0 Å². The largest absolute Gasteiger partial charge is 0.489 e. The molecular weight excluding hydrogens is 369 g/mol. The van der Waals surface area contributed by atoms with Crippen LogP contribution in [0.5, 0.6) is 5.75 Å². The third-order valence-electron chi connectivity index (χ3n) is 4.31. The Morgan fingerprint density at radius 1 is 1.11 bits per heavy atom. The molecule has 0 aliphatic rings. The molecule has 0 aliphatic carbocycles. The van der Waals surface area contributed by atoms with Gasteiger partial charge < -0.3 is 14.4 Å². The highest BCUT2D eigenvalue weighted by Crippen LogP contribution is 2.34. The summed E-state index contributed by atoms with van der Waals surface area (Å²) in [4.78, 5) is 3.81. The number of ether oxygens (including phenoxy) is 1. The van der Waals surface area contributed by atoms with Crippen LogP contribution in [0.15, 0.2) is 54.7 Å². The van der Waals surface area contributed by atoms with Gasteiger partial charge in [-0.25, -0.2) is 4.98 Å². The van der Waals surface area contributed by atoms with E-state index in [0.717, 1.165) is 11.8 Å². The molecule has 3 aromatic rings. The maximum atomic E-state index is 13.1. The molecule has 0 saturated heterocycles. The second kappa shape index (κ2) is 8.06. The number of alkyl halides is 3. The van der Waals surface area contributed by atoms with Gasteiger partial charge in [-0.05, 0) is 25.5 Å². The van der Waals surface area contributed by atoms with Gasteiger partial charge in [0.2, 0.25) is 0 Å². The topological polar surface area (TPSA) is 47.3 Å². The summed E-state index contributed by atoms with van der Waals surface area (Å²) in [5.41, 5.74) is 1.05. The molecule has 0 spiro atoms. The molecule has 4 nitrogen and oxygen atoms in total. The van der Waals surface area contributed by atoms with Gasteiger partial charge in [-0.2, -0.15) is 13.2 Å². The Hall–Kier alpha value is -2.80. The van der Waals surface area contributed by atoms with Crippen LogP contribution in [0.1, 0.15) is 36.7 Å². The zero-order valence-corrected chi connectivity index (χ0v) is 15.6. The Kier molecular flexibility index (Phi) is 5.74. The highest BCUT2D eigenvalue weighted by molar-refractivity contribution is 5.60. The first kappa shape index (κ1) is 19.9. The Morgan fingerprint density at radius 3 is 2.43 bits per heavy atom. The van der Waals surface area contributed by atoms with Crippen LogP contribution in [0, 0.1) is 0 Å². The molecule has 0 saturated carbocycles. The summed E-state index contributed by atoms with van der Waals surface area (Å²) in [5, 5.41) is 9.58. The average molecular weight is 390 g/mol. The highest BCUT2D eigenvalue weighted by atomic mass is 19.4. The van der Waals surface area contributed by atoms with Gasteiger partial charge in [0, 0.05) is 23.4 Å². The second-order valence-electron chi connectivity index (χ2n) is 6.70. The number of benzene rings is 2. The van der Waals surface area contributed by atoms with E-state index in [2.05, 4.69) is 4.98 Å². The zero-order valence-electron chi connectivity index (χ0n) is 15.6. The monoisotopic (exact) mass is 390 g/mol. The second-order valence-corrected chi connectivity index (χ2v) is 6.70. The summed E-state index contributed by atoms with van der Waals surface area (Å²) in [6, 6.07) is 14.2. The van der Waals surface area contributed by atoms with Crippen molar-refractivity contribution in [3.05, 3.63) is 71.5 Å². The molecule has 3 rings (SSSR count). The Labute approximate surface area is 161 Å². The predicted molar refractivity (Wildman–Crippen MR) is 99.7 cm³/mol. The van der Waals surface area contributed by atoms with Crippen molar-refractivity contribution in [1.29, 1.82) is 0 Å². The number of hydrogen-bond acceptors (Lipinski definition) is 3. The minimum absolute atomic E-state index is 0.204. The quantitative estimate of drug-likeness (QED) is 0.628. The maximum absolute atomic E-state index is 13.1. The molecule has 148 valence electrons. The first-order valence-electron chi connectivity index (χ1n) is 8.86. The van der Waals surface area contributed by atoms with E-state index in [1.54, 1.807) is 32.0 Å². The molecule has 0 unspecified atom stereocenters. The van der Waals surface area contributed by atoms with Crippen molar-refractivity contribution < 1.29 is 23.0 Å². The number of aliphatic hydroxyl groups is 1. The number of nitrogens with zero attached hydrogens (tertiary/aromatic N) is 2. The van der Waals surface area contributed by atoms with Crippen molar-refractivity contribution in [3.8, 4) is 17.1 Å². The summed E-state index contributed by atoms with van der Waals surface area (Å²) in [6.07, 6.45) is -3.50. The SMILES string of the molecule is CC(C)n1cc(C(F)(F)F)nc1-c1ccc(CO)c(OCc2ccccc2)c1. The molecule has 0 aliphatic heterocycles. The van der Waals surface area contributed by atoms with Gasteiger partial charge in [0.1, 0.15) is 18.2 Å². The molecule has 7 heteroatoms. The number of hydrogen-bond donors (Lipinski definition) is 1. The van der Waals surface area contributed by atoms with Crippen LogP contribution < -0.4 is 4.74 Å². The maximum Gasteiger partial charge on any atom is 0.434 e. The molecule has 0 fully saturated rings. The fourth-order valence-corrected chi connectivity index (χ4v) is 2.83. The number of halogens is 3. The summed E-state index contributed by atoms with van der Waals surface area (Å²) < 4.78 is 46.7. The fourth-order valence-electron chi connectivity index (χ4n) is 2.83. The first-order chi connectivity index (χ1) is 13.3. The normalized spacial score (nSPS) is 11.8. The Balaban J connectivity index is 1.98. The van der Waals surface area contributed by atoms with Crippen LogP contribution in [0.2, 0.25) is 0 Å². The minimum atomic E-state index is -4.52. The van der Waals surface area contributed by atoms with Gasteiger partial charge >= 0.3 is 6.18 Å². The lowest BCUT2D eigenvalue weighted by Crippen LogP contribution is -2.05. The van der Waals surface area contributed by atoms with Crippen molar-refractivity contribution in [2.75, 3.05) is 0 Å². The highest BCUT2D eigenvalue weighted by Gasteiger charge is 2.35. The molecule has 0 bridgehead atoms. The van der Waals surface area contributed by atoms with Gasteiger partial charge in [-0.3, -0.25) is 0 Å². The predicted octanol–water partition coefficient (Wildman–Crippen LogP) is 5.22.